The first-order chi connectivity index (χ1) is 13.4. The van der Waals surface area contributed by atoms with Crippen molar-refractivity contribution < 1.29 is 13.2 Å². The molecule has 0 spiro atoms. The maximum absolute atomic E-state index is 12.8. The standard InChI is InChI=1S/C20H20N4O3S/c21-28(26,27)17-10-6-14(7-11-17)13-22-20(25)19-12-18(15-8-9-15)23-24(19)16-4-2-1-3-5-16/h1-7,10-12,15H,8-9,13H2,(H,22,25)(H2,21,26,27). The SMILES string of the molecule is NS(=O)(=O)c1ccc(CNC(=O)c2cc(C3CC3)nn2-c2ccccc2)cc1. The summed E-state index contributed by atoms with van der Waals surface area (Å²) in [5, 5.41) is 12.6. The molecule has 28 heavy (non-hydrogen) atoms. The molecule has 1 fully saturated rings. The molecule has 0 saturated heterocycles. The van der Waals surface area contributed by atoms with Crippen molar-refractivity contribution in [3.63, 3.8) is 0 Å². The number of amides is 1. The van der Waals surface area contributed by atoms with Gasteiger partial charge in [0, 0.05) is 12.5 Å². The van der Waals surface area contributed by atoms with Gasteiger partial charge in [-0.05, 0) is 48.7 Å². The minimum absolute atomic E-state index is 0.0406. The molecule has 3 aromatic rings. The van der Waals surface area contributed by atoms with E-state index in [1.807, 2.05) is 36.4 Å². The maximum Gasteiger partial charge on any atom is 0.270 e. The molecule has 1 aliphatic carbocycles. The Morgan fingerprint density at radius 2 is 1.79 bits per heavy atom. The third-order valence-corrected chi connectivity index (χ3v) is 5.59. The van der Waals surface area contributed by atoms with Gasteiger partial charge in [0.25, 0.3) is 5.91 Å². The molecular weight excluding hydrogens is 376 g/mol. The number of hydrogen-bond donors (Lipinski definition) is 2. The molecule has 7 nitrogen and oxygen atoms in total. The van der Waals surface area contributed by atoms with Crippen LogP contribution in [-0.2, 0) is 16.6 Å². The summed E-state index contributed by atoms with van der Waals surface area (Å²) in [6, 6.07) is 17.5. The Kier molecular flexibility index (Phi) is 4.74. The molecule has 0 radical (unpaired) electrons. The third kappa shape index (κ3) is 3.97. The van der Waals surface area contributed by atoms with E-state index < -0.39 is 10.0 Å². The van der Waals surface area contributed by atoms with Gasteiger partial charge < -0.3 is 5.32 Å². The number of aromatic nitrogens is 2. The van der Waals surface area contributed by atoms with Crippen LogP contribution in [0, 0.1) is 0 Å². The van der Waals surface area contributed by atoms with E-state index in [-0.39, 0.29) is 17.3 Å². The van der Waals surface area contributed by atoms with Crippen LogP contribution in [-0.4, -0.2) is 24.1 Å². The molecule has 3 N–H and O–H groups in total. The molecule has 0 bridgehead atoms. The summed E-state index contributed by atoms with van der Waals surface area (Å²) in [5.74, 6) is 0.195. The predicted molar refractivity (Wildman–Crippen MR) is 105 cm³/mol. The van der Waals surface area contributed by atoms with Crippen molar-refractivity contribution in [1.82, 2.24) is 15.1 Å². The summed E-state index contributed by atoms with van der Waals surface area (Å²) < 4.78 is 24.3. The minimum atomic E-state index is -3.73. The summed E-state index contributed by atoms with van der Waals surface area (Å²) in [5.41, 5.74) is 3.02. The number of rotatable bonds is 6. The van der Waals surface area contributed by atoms with E-state index in [0.717, 1.165) is 29.8 Å². The number of nitrogens with two attached hydrogens (primary N) is 1. The fraction of sp³-hybridized carbons (Fsp3) is 0.200. The van der Waals surface area contributed by atoms with Gasteiger partial charge in [-0.25, -0.2) is 18.2 Å². The second-order valence-corrected chi connectivity index (χ2v) is 8.41. The van der Waals surface area contributed by atoms with Gasteiger partial charge in [-0.2, -0.15) is 5.10 Å². The van der Waals surface area contributed by atoms with E-state index in [9.17, 15) is 13.2 Å². The third-order valence-electron chi connectivity index (χ3n) is 4.66. The first kappa shape index (κ1) is 18.4. The number of primary sulfonamides is 1. The molecule has 1 aromatic heterocycles. The molecular formula is C20H20N4O3S. The first-order valence-corrected chi connectivity index (χ1v) is 10.5. The fourth-order valence-electron chi connectivity index (χ4n) is 2.98. The fourth-order valence-corrected chi connectivity index (χ4v) is 3.49. The number of nitrogens with zero attached hydrogens (tertiary/aromatic N) is 2. The Morgan fingerprint density at radius 3 is 2.39 bits per heavy atom. The second-order valence-electron chi connectivity index (χ2n) is 6.85. The number of nitrogens with one attached hydrogen (secondary N) is 1. The van der Waals surface area contributed by atoms with Gasteiger partial charge >= 0.3 is 0 Å². The molecule has 8 heteroatoms. The van der Waals surface area contributed by atoms with Gasteiger partial charge in [-0.1, -0.05) is 30.3 Å². The summed E-state index contributed by atoms with van der Waals surface area (Å²) in [6.07, 6.45) is 2.20. The van der Waals surface area contributed by atoms with Crippen LogP contribution < -0.4 is 10.5 Å². The first-order valence-electron chi connectivity index (χ1n) is 8.97. The van der Waals surface area contributed by atoms with Crippen molar-refractivity contribution in [2.45, 2.75) is 30.2 Å². The highest BCUT2D eigenvalue weighted by atomic mass is 32.2. The number of para-hydroxylation sites is 1. The number of benzene rings is 2. The van der Waals surface area contributed by atoms with E-state index in [4.69, 9.17) is 5.14 Å². The van der Waals surface area contributed by atoms with Gasteiger partial charge in [0.1, 0.15) is 5.69 Å². The van der Waals surface area contributed by atoms with E-state index >= 15 is 0 Å². The molecule has 0 aliphatic heterocycles. The molecule has 1 heterocycles. The highest BCUT2D eigenvalue weighted by molar-refractivity contribution is 7.89. The summed E-state index contributed by atoms with van der Waals surface area (Å²) in [6.45, 7) is 0.266. The van der Waals surface area contributed by atoms with Gasteiger partial charge in [0.2, 0.25) is 10.0 Å². The Labute approximate surface area is 163 Å². The van der Waals surface area contributed by atoms with Gasteiger partial charge in [-0.15, -0.1) is 0 Å². The zero-order chi connectivity index (χ0) is 19.7. The van der Waals surface area contributed by atoms with Crippen molar-refractivity contribution in [2.75, 3.05) is 0 Å². The van der Waals surface area contributed by atoms with E-state index in [1.165, 1.54) is 12.1 Å². The number of carbonyl (C=O) groups excluding carboxylic acids is 1. The monoisotopic (exact) mass is 396 g/mol. The van der Waals surface area contributed by atoms with Gasteiger partial charge in [0.15, 0.2) is 0 Å². The van der Waals surface area contributed by atoms with Crippen molar-refractivity contribution in [3.8, 4) is 5.69 Å². The lowest BCUT2D eigenvalue weighted by Gasteiger charge is -2.09. The molecule has 0 unspecified atom stereocenters. The van der Waals surface area contributed by atoms with Crippen LogP contribution in [0.2, 0.25) is 0 Å². The average molecular weight is 396 g/mol. The molecule has 1 aliphatic rings. The van der Waals surface area contributed by atoms with Crippen LogP contribution >= 0.6 is 0 Å². The van der Waals surface area contributed by atoms with E-state index in [0.29, 0.717) is 11.6 Å². The van der Waals surface area contributed by atoms with E-state index in [2.05, 4.69) is 10.4 Å². The Morgan fingerprint density at radius 1 is 1.11 bits per heavy atom. The van der Waals surface area contributed by atoms with Crippen molar-refractivity contribution >= 4 is 15.9 Å². The van der Waals surface area contributed by atoms with Gasteiger partial charge in [0.05, 0.1) is 16.3 Å². The highest BCUT2D eigenvalue weighted by Crippen LogP contribution is 2.39. The normalized spacial score (nSPS) is 14.0. The van der Waals surface area contributed by atoms with Crippen molar-refractivity contribution in [2.24, 2.45) is 5.14 Å². The Hall–Kier alpha value is -2.97. The lowest BCUT2D eigenvalue weighted by Crippen LogP contribution is -2.25. The smallest absolute Gasteiger partial charge is 0.270 e. The minimum Gasteiger partial charge on any atom is -0.347 e. The lowest BCUT2D eigenvalue weighted by molar-refractivity contribution is 0.0943. The highest BCUT2D eigenvalue weighted by Gasteiger charge is 2.29. The lowest BCUT2D eigenvalue weighted by atomic mass is 10.2. The summed E-state index contributed by atoms with van der Waals surface area (Å²) in [4.78, 5) is 12.8. The largest absolute Gasteiger partial charge is 0.347 e. The molecule has 1 amide bonds. The topological polar surface area (TPSA) is 107 Å². The maximum atomic E-state index is 12.8. The van der Waals surface area contributed by atoms with E-state index in [1.54, 1.807) is 16.8 Å². The second kappa shape index (κ2) is 7.21. The van der Waals surface area contributed by atoms with Crippen LogP contribution in [0.25, 0.3) is 5.69 Å². The number of hydrogen-bond acceptors (Lipinski definition) is 4. The zero-order valence-electron chi connectivity index (χ0n) is 15.1. The molecule has 144 valence electrons. The summed E-state index contributed by atoms with van der Waals surface area (Å²) in [7, 11) is -3.73. The van der Waals surface area contributed by atoms with Crippen LogP contribution in [0.5, 0.6) is 0 Å². The van der Waals surface area contributed by atoms with Crippen LogP contribution in [0.15, 0.2) is 65.6 Å². The molecule has 2 aromatic carbocycles. The summed E-state index contributed by atoms with van der Waals surface area (Å²) >= 11 is 0. The Balaban J connectivity index is 1.53. The van der Waals surface area contributed by atoms with Crippen LogP contribution in [0.4, 0.5) is 0 Å². The number of sulfonamides is 1. The van der Waals surface area contributed by atoms with Crippen molar-refractivity contribution in [1.29, 1.82) is 0 Å². The van der Waals surface area contributed by atoms with Gasteiger partial charge in [-0.3, -0.25) is 4.79 Å². The van der Waals surface area contributed by atoms with Crippen LogP contribution in [0.1, 0.15) is 40.5 Å². The number of carbonyl (C=O) groups is 1. The molecule has 4 rings (SSSR count). The Bertz CT molecular complexity index is 1100. The molecule has 0 atom stereocenters. The molecule has 1 saturated carbocycles. The van der Waals surface area contributed by atoms with Crippen LogP contribution in [0.3, 0.4) is 0 Å². The quantitative estimate of drug-likeness (QED) is 0.667. The average Bonchev–Trinajstić information content (AvgIpc) is 3.45. The zero-order valence-corrected chi connectivity index (χ0v) is 15.9. The van der Waals surface area contributed by atoms with Crippen molar-refractivity contribution in [3.05, 3.63) is 77.6 Å². The predicted octanol–water partition coefficient (Wildman–Crippen LogP) is 2.33.